The quantitative estimate of drug-likeness (QED) is 0.113. The van der Waals surface area contributed by atoms with Crippen LogP contribution < -0.4 is 0 Å². The van der Waals surface area contributed by atoms with Gasteiger partial charge < -0.3 is 0 Å². The van der Waals surface area contributed by atoms with Crippen molar-refractivity contribution in [3.63, 3.8) is 0 Å². The van der Waals surface area contributed by atoms with Crippen molar-refractivity contribution in [1.29, 1.82) is 0 Å². The van der Waals surface area contributed by atoms with E-state index in [1.807, 2.05) is 0 Å². The lowest BCUT2D eigenvalue weighted by molar-refractivity contribution is 0.418. The van der Waals surface area contributed by atoms with Crippen LogP contribution in [0.25, 0.3) is 43.8 Å². The van der Waals surface area contributed by atoms with Gasteiger partial charge in [0.1, 0.15) is 0 Å². The van der Waals surface area contributed by atoms with Crippen LogP contribution in [-0.4, -0.2) is 0 Å². The molecule has 0 spiro atoms. The number of hydrogen-bond donors (Lipinski definition) is 0. The molecule has 0 radical (unpaired) electrons. The smallest absolute Gasteiger partial charge is 0.198 e. The Kier molecular flexibility index (Phi) is 4.66. The molecule has 0 fully saturated rings. The molecule has 0 N–H and O–H groups in total. The molecule has 0 heterocycles. The molecule has 158 valence electrons. The van der Waals surface area contributed by atoms with E-state index in [2.05, 4.69) is 0 Å². The summed E-state index contributed by atoms with van der Waals surface area (Å²) in [6, 6.07) is 17.7. The zero-order chi connectivity index (χ0) is 22.6. The van der Waals surface area contributed by atoms with Crippen LogP contribution >= 0.6 is 0 Å². The second-order valence-corrected chi connectivity index (χ2v) is 7.30. The van der Waals surface area contributed by atoms with Crippen molar-refractivity contribution in [2.45, 2.75) is 0 Å². The molecule has 5 aromatic rings. The maximum absolute atomic E-state index is 15.2. The molecule has 0 aromatic heterocycles. The van der Waals surface area contributed by atoms with E-state index in [4.69, 9.17) is 0 Å². The Morgan fingerprint density at radius 2 is 0.906 bits per heavy atom. The number of benzene rings is 5. The van der Waals surface area contributed by atoms with Gasteiger partial charge in [0.15, 0.2) is 34.9 Å². The second-order valence-electron chi connectivity index (χ2n) is 7.30. The molecule has 0 nitrogen and oxygen atoms in total. The van der Waals surface area contributed by atoms with Crippen LogP contribution in [0.1, 0.15) is 0 Å². The molecule has 32 heavy (non-hydrogen) atoms. The summed E-state index contributed by atoms with van der Waals surface area (Å²) in [4.78, 5) is 0. The lowest BCUT2D eigenvalue weighted by Crippen LogP contribution is -2.02. The Bertz CT molecular complexity index is 1520. The van der Waals surface area contributed by atoms with E-state index >= 15 is 8.78 Å². The van der Waals surface area contributed by atoms with Gasteiger partial charge in [-0.15, -0.1) is 0 Å². The van der Waals surface area contributed by atoms with E-state index in [-0.39, 0.29) is 16.7 Å². The van der Waals surface area contributed by atoms with Gasteiger partial charge in [-0.05, 0) is 34.0 Å². The lowest BCUT2D eigenvalue weighted by Gasteiger charge is -2.19. The molecule has 0 aliphatic heterocycles. The van der Waals surface area contributed by atoms with Crippen LogP contribution in [-0.2, 0) is 0 Å². The molecule has 0 saturated carbocycles. The minimum atomic E-state index is -1.98. The van der Waals surface area contributed by atoms with Crippen LogP contribution in [0.2, 0.25) is 0 Å². The SMILES string of the molecule is Fc1ccc(-c2c3ccccc3c(-c3ccccc3)c3c(F)c(F)c(F)c(F)c23)cc1F. The maximum Gasteiger partial charge on any atom is 0.198 e. The van der Waals surface area contributed by atoms with E-state index in [1.165, 1.54) is 6.07 Å². The first-order valence-electron chi connectivity index (χ1n) is 9.61. The highest BCUT2D eigenvalue weighted by Gasteiger charge is 2.28. The Hall–Kier alpha value is -3.80. The fraction of sp³-hybridized carbons (Fsp3) is 0. The molecule has 0 amide bonds. The first kappa shape index (κ1) is 20.1. The van der Waals surface area contributed by atoms with Crippen LogP contribution in [0.5, 0.6) is 0 Å². The molecule has 0 aliphatic rings. The lowest BCUT2D eigenvalue weighted by atomic mass is 9.85. The Balaban J connectivity index is 2.12. The second kappa shape index (κ2) is 7.41. The average molecular weight is 438 g/mol. The van der Waals surface area contributed by atoms with Gasteiger partial charge in [-0.25, -0.2) is 26.3 Å². The zero-order valence-corrected chi connectivity index (χ0v) is 16.2. The highest BCUT2D eigenvalue weighted by Crippen LogP contribution is 2.46. The highest BCUT2D eigenvalue weighted by atomic mass is 19.2. The van der Waals surface area contributed by atoms with E-state index in [9.17, 15) is 17.6 Å². The molecular weight excluding hydrogens is 426 g/mol. The summed E-state index contributed by atoms with van der Waals surface area (Å²) in [5.41, 5.74) is 0.547. The van der Waals surface area contributed by atoms with Gasteiger partial charge in [-0.1, -0.05) is 60.7 Å². The summed E-state index contributed by atoms with van der Waals surface area (Å²) in [6.07, 6.45) is 0. The zero-order valence-electron chi connectivity index (χ0n) is 16.2. The summed E-state index contributed by atoms with van der Waals surface area (Å²) in [6.45, 7) is 0. The third kappa shape index (κ3) is 2.87. The topological polar surface area (TPSA) is 0 Å². The molecule has 0 aliphatic carbocycles. The predicted molar refractivity (Wildman–Crippen MR) is 112 cm³/mol. The van der Waals surface area contributed by atoms with Gasteiger partial charge in [0.25, 0.3) is 0 Å². The van der Waals surface area contributed by atoms with E-state index in [1.54, 1.807) is 54.6 Å². The van der Waals surface area contributed by atoms with Crippen LogP contribution in [0.3, 0.4) is 0 Å². The Labute approximate surface area is 178 Å². The highest BCUT2D eigenvalue weighted by molar-refractivity contribution is 6.21. The fourth-order valence-corrected chi connectivity index (χ4v) is 4.15. The Morgan fingerprint density at radius 1 is 0.406 bits per heavy atom. The molecule has 5 aromatic carbocycles. The summed E-state index contributed by atoms with van der Waals surface area (Å²) < 4.78 is 86.8. The number of hydrogen-bond acceptors (Lipinski definition) is 0. The first-order chi connectivity index (χ1) is 15.4. The molecule has 0 bridgehead atoms. The van der Waals surface area contributed by atoms with Crippen molar-refractivity contribution in [1.82, 2.24) is 0 Å². The van der Waals surface area contributed by atoms with Gasteiger partial charge in [-0.3, -0.25) is 0 Å². The van der Waals surface area contributed by atoms with E-state index in [0.29, 0.717) is 16.3 Å². The minimum Gasteiger partial charge on any atom is -0.204 e. The normalized spacial score (nSPS) is 11.4. The summed E-state index contributed by atoms with van der Waals surface area (Å²) in [5, 5.41) is -0.277. The summed E-state index contributed by atoms with van der Waals surface area (Å²) in [7, 11) is 0. The largest absolute Gasteiger partial charge is 0.204 e. The van der Waals surface area contributed by atoms with Crippen molar-refractivity contribution in [3.8, 4) is 22.3 Å². The van der Waals surface area contributed by atoms with Crippen molar-refractivity contribution >= 4 is 21.5 Å². The average Bonchev–Trinajstić information content (AvgIpc) is 2.82. The fourth-order valence-electron chi connectivity index (χ4n) is 4.15. The molecule has 0 unspecified atom stereocenters. The standard InChI is InChI=1S/C26H12F6/c27-17-11-10-14(12-18(17)28)20-16-9-5-4-8-15(16)19(13-6-2-1-3-7-13)21-22(20)24(30)26(32)25(31)23(21)29/h1-12H. The van der Waals surface area contributed by atoms with E-state index < -0.39 is 45.7 Å². The van der Waals surface area contributed by atoms with Gasteiger partial charge in [0.2, 0.25) is 0 Å². The van der Waals surface area contributed by atoms with Crippen molar-refractivity contribution in [2.75, 3.05) is 0 Å². The van der Waals surface area contributed by atoms with Gasteiger partial charge in [0, 0.05) is 21.9 Å². The number of halogens is 6. The number of rotatable bonds is 2. The van der Waals surface area contributed by atoms with Gasteiger partial charge >= 0.3 is 0 Å². The van der Waals surface area contributed by atoms with Gasteiger partial charge in [0.05, 0.1) is 0 Å². The monoisotopic (exact) mass is 438 g/mol. The minimum absolute atomic E-state index is 0.00554. The molecule has 0 saturated heterocycles. The van der Waals surface area contributed by atoms with Crippen LogP contribution in [0, 0.1) is 34.9 Å². The van der Waals surface area contributed by atoms with Crippen LogP contribution in [0.15, 0.2) is 72.8 Å². The van der Waals surface area contributed by atoms with Crippen molar-refractivity contribution in [3.05, 3.63) is 108 Å². The number of fused-ring (bicyclic) bond motifs is 2. The molecular formula is C26H12F6. The van der Waals surface area contributed by atoms with Gasteiger partial charge in [-0.2, -0.15) is 0 Å². The molecule has 0 atom stereocenters. The first-order valence-corrected chi connectivity index (χ1v) is 9.61. The summed E-state index contributed by atoms with van der Waals surface area (Å²) >= 11 is 0. The summed E-state index contributed by atoms with van der Waals surface area (Å²) in [5.74, 6) is -9.44. The Morgan fingerprint density at radius 3 is 1.44 bits per heavy atom. The maximum atomic E-state index is 15.2. The van der Waals surface area contributed by atoms with Crippen molar-refractivity contribution in [2.24, 2.45) is 0 Å². The van der Waals surface area contributed by atoms with Crippen molar-refractivity contribution < 1.29 is 26.3 Å². The van der Waals surface area contributed by atoms with E-state index in [0.717, 1.165) is 12.1 Å². The molecule has 6 heteroatoms. The predicted octanol–water partition coefficient (Wildman–Crippen LogP) is 8.16. The molecule has 5 rings (SSSR count). The third-order valence-electron chi connectivity index (χ3n) is 5.50. The third-order valence-corrected chi connectivity index (χ3v) is 5.50. The van der Waals surface area contributed by atoms with Crippen LogP contribution in [0.4, 0.5) is 26.3 Å².